The van der Waals surface area contributed by atoms with Gasteiger partial charge in [0, 0.05) is 12.5 Å². The first-order valence-electron chi connectivity index (χ1n) is 5.94. The Morgan fingerprint density at radius 2 is 2.12 bits per heavy atom. The van der Waals surface area contributed by atoms with Crippen LogP contribution in [0.15, 0.2) is 5.16 Å². The van der Waals surface area contributed by atoms with Crippen molar-refractivity contribution in [3.8, 4) is 0 Å². The molecule has 3 N–H and O–H groups in total. The molecule has 2 rings (SSSR count). The van der Waals surface area contributed by atoms with Gasteiger partial charge < -0.3 is 15.8 Å². The molecule has 2 unspecified atom stereocenters. The van der Waals surface area contributed by atoms with E-state index in [0.717, 1.165) is 0 Å². The lowest BCUT2D eigenvalue weighted by atomic mass is 10.1. The van der Waals surface area contributed by atoms with Crippen LogP contribution < -0.4 is 5.73 Å². The number of hydrogen-bond donors (Lipinski definition) is 2. The Kier molecular flexibility index (Phi) is 3.03. The SMILES string of the molecule is CCN(CC(N)=NO)C(=O)C1C2CCCC21. The van der Waals surface area contributed by atoms with Crippen molar-refractivity contribution in [3.63, 3.8) is 0 Å². The molecule has 0 aromatic heterocycles. The van der Waals surface area contributed by atoms with Crippen LogP contribution in [0, 0.1) is 17.8 Å². The molecule has 2 aliphatic carbocycles. The number of nitrogens with zero attached hydrogens (tertiary/aromatic N) is 2. The van der Waals surface area contributed by atoms with E-state index in [9.17, 15) is 4.79 Å². The zero-order chi connectivity index (χ0) is 11.7. The summed E-state index contributed by atoms with van der Waals surface area (Å²) in [4.78, 5) is 13.8. The van der Waals surface area contributed by atoms with Gasteiger partial charge in [-0.3, -0.25) is 4.79 Å². The van der Waals surface area contributed by atoms with Crippen LogP contribution in [0.25, 0.3) is 0 Å². The van der Waals surface area contributed by atoms with Crippen LogP contribution in [0.4, 0.5) is 0 Å². The largest absolute Gasteiger partial charge is 0.409 e. The third-order valence-corrected chi connectivity index (χ3v) is 3.87. The standard InChI is InChI=1S/C11H19N3O2/c1-2-14(6-9(12)13-16)11(15)10-7-4-3-5-8(7)10/h7-8,10,16H,2-6H2,1H3,(H2,12,13). The highest BCUT2D eigenvalue weighted by Crippen LogP contribution is 2.58. The third-order valence-electron chi connectivity index (χ3n) is 3.87. The number of hydrogen-bond acceptors (Lipinski definition) is 3. The molecule has 0 aromatic carbocycles. The van der Waals surface area contributed by atoms with E-state index < -0.39 is 0 Å². The summed E-state index contributed by atoms with van der Waals surface area (Å²) in [5.41, 5.74) is 5.43. The van der Waals surface area contributed by atoms with Gasteiger partial charge in [0.2, 0.25) is 5.91 Å². The smallest absolute Gasteiger partial charge is 0.226 e. The Labute approximate surface area is 95.3 Å². The average Bonchev–Trinajstić information content (AvgIpc) is 2.78. The summed E-state index contributed by atoms with van der Waals surface area (Å²) in [5.74, 6) is 1.74. The van der Waals surface area contributed by atoms with Crippen LogP contribution in [0.1, 0.15) is 26.2 Å². The zero-order valence-corrected chi connectivity index (χ0v) is 9.59. The van der Waals surface area contributed by atoms with Crippen molar-refractivity contribution in [2.45, 2.75) is 26.2 Å². The monoisotopic (exact) mass is 225 g/mol. The molecule has 1 amide bonds. The maximum absolute atomic E-state index is 12.1. The molecular formula is C11H19N3O2. The molecule has 2 saturated carbocycles. The van der Waals surface area contributed by atoms with E-state index in [2.05, 4.69) is 5.16 Å². The van der Waals surface area contributed by atoms with Crippen molar-refractivity contribution in [1.29, 1.82) is 0 Å². The Hall–Kier alpha value is -1.26. The van der Waals surface area contributed by atoms with Crippen molar-refractivity contribution in [2.24, 2.45) is 28.6 Å². The zero-order valence-electron chi connectivity index (χ0n) is 9.59. The maximum Gasteiger partial charge on any atom is 0.226 e. The highest BCUT2D eigenvalue weighted by Gasteiger charge is 2.57. The van der Waals surface area contributed by atoms with Crippen LogP contribution in [-0.2, 0) is 4.79 Å². The Morgan fingerprint density at radius 1 is 1.50 bits per heavy atom. The van der Waals surface area contributed by atoms with Gasteiger partial charge in [-0.25, -0.2) is 0 Å². The van der Waals surface area contributed by atoms with E-state index in [1.165, 1.54) is 19.3 Å². The van der Waals surface area contributed by atoms with Gasteiger partial charge in [0.1, 0.15) is 0 Å². The van der Waals surface area contributed by atoms with Gasteiger partial charge in [0.15, 0.2) is 5.84 Å². The van der Waals surface area contributed by atoms with Gasteiger partial charge in [0.25, 0.3) is 0 Å². The van der Waals surface area contributed by atoms with E-state index in [1.807, 2.05) is 6.92 Å². The van der Waals surface area contributed by atoms with Crippen LogP contribution in [0.5, 0.6) is 0 Å². The van der Waals surface area contributed by atoms with Gasteiger partial charge in [-0.1, -0.05) is 11.6 Å². The van der Waals surface area contributed by atoms with E-state index in [-0.39, 0.29) is 24.2 Å². The van der Waals surface area contributed by atoms with Crippen molar-refractivity contribution >= 4 is 11.7 Å². The molecule has 5 nitrogen and oxygen atoms in total. The second kappa shape index (κ2) is 4.31. The van der Waals surface area contributed by atoms with Crippen molar-refractivity contribution < 1.29 is 10.0 Å². The number of amides is 1. The minimum atomic E-state index is 0.0982. The molecule has 2 aliphatic rings. The lowest BCUT2D eigenvalue weighted by Crippen LogP contribution is -2.39. The number of oxime groups is 1. The third kappa shape index (κ3) is 1.86. The molecule has 0 aliphatic heterocycles. The molecule has 5 heteroatoms. The number of carbonyl (C=O) groups is 1. The summed E-state index contributed by atoms with van der Waals surface area (Å²) in [7, 11) is 0. The van der Waals surface area contributed by atoms with Crippen LogP contribution in [-0.4, -0.2) is 34.9 Å². The molecule has 0 radical (unpaired) electrons. The molecule has 2 fully saturated rings. The van der Waals surface area contributed by atoms with E-state index in [1.54, 1.807) is 4.90 Å². The summed E-state index contributed by atoms with van der Waals surface area (Å²) in [6.07, 6.45) is 3.66. The molecule has 0 aromatic rings. The normalized spacial score (nSPS) is 32.3. The van der Waals surface area contributed by atoms with Gasteiger partial charge in [-0.2, -0.15) is 0 Å². The highest BCUT2D eigenvalue weighted by molar-refractivity contribution is 5.89. The van der Waals surface area contributed by atoms with Crippen LogP contribution in [0.2, 0.25) is 0 Å². The number of rotatable bonds is 4. The fourth-order valence-electron chi connectivity index (χ4n) is 2.97. The molecule has 2 atom stereocenters. The van der Waals surface area contributed by atoms with E-state index in [0.29, 0.717) is 18.4 Å². The van der Waals surface area contributed by atoms with Gasteiger partial charge >= 0.3 is 0 Å². The number of fused-ring (bicyclic) bond motifs is 1. The second-order valence-electron chi connectivity index (χ2n) is 4.73. The highest BCUT2D eigenvalue weighted by atomic mass is 16.4. The number of nitrogens with two attached hydrogens (primary N) is 1. The average molecular weight is 225 g/mol. The van der Waals surface area contributed by atoms with Gasteiger partial charge in [-0.05, 0) is 31.6 Å². The number of likely N-dealkylation sites (N-methyl/N-ethyl adjacent to an activating group) is 1. The van der Waals surface area contributed by atoms with E-state index >= 15 is 0 Å². The molecule has 0 saturated heterocycles. The quantitative estimate of drug-likeness (QED) is 0.319. The second-order valence-corrected chi connectivity index (χ2v) is 4.73. The summed E-state index contributed by atoms with van der Waals surface area (Å²) in [6, 6.07) is 0. The minimum absolute atomic E-state index is 0.0982. The van der Waals surface area contributed by atoms with Gasteiger partial charge in [0.05, 0.1) is 6.54 Å². The molecule has 90 valence electrons. The molecular weight excluding hydrogens is 206 g/mol. The fraction of sp³-hybridized carbons (Fsp3) is 0.818. The summed E-state index contributed by atoms with van der Waals surface area (Å²) in [6.45, 7) is 2.77. The van der Waals surface area contributed by atoms with Crippen molar-refractivity contribution in [3.05, 3.63) is 0 Å². The van der Waals surface area contributed by atoms with Crippen molar-refractivity contribution in [2.75, 3.05) is 13.1 Å². The Balaban J connectivity index is 1.92. The lowest BCUT2D eigenvalue weighted by Gasteiger charge is -2.20. The number of amidine groups is 1. The van der Waals surface area contributed by atoms with Gasteiger partial charge in [-0.15, -0.1) is 0 Å². The van der Waals surface area contributed by atoms with Crippen molar-refractivity contribution in [1.82, 2.24) is 4.90 Å². The maximum atomic E-state index is 12.1. The fourth-order valence-corrected chi connectivity index (χ4v) is 2.97. The van der Waals surface area contributed by atoms with Crippen LogP contribution in [0.3, 0.4) is 0 Å². The first-order valence-corrected chi connectivity index (χ1v) is 5.94. The lowest BCUT2D eigenvalue weighted by molar-refractivity contribution is -0.132. The summed E-state index contributed by atoms with van der Waals surface area (Å²) < 4.78 is 0. The Bertz CT molecular complexity index is 306. The minimum Gasteiger partial charge on any atom is -0.409 e. The molecule has 0 spiro atoms. The predicted molar refractivity (Wildman–Crippen MR) is 60.0 cm³/mol. The Morgan fingerprint density at radius 3 is 2.62 bits per heavy atom. The first-order chi connectivity index (χ1) is 7.69. The van der Waals surface area contributed by atoms with E-state index in [4.69, 9.17) is 10.9 Å². The predicted octanol–water partition coefficient (Wildman–Crippen LogP) is 0.627. The van der Waals surface area contributed by atoms with Crippen LogP contribution >= 0.6 is 0 Å². The molecule has 0 bridgehead atoms. The molecule has 16 heavy (non-hydrogen) atoms. The molecule has 0 heterocycles. The summed E-state index contributed by atoms with van der Waals surface area (Å²) >= 11 is 0. The summed E-state index contributed by atoms with van der Waals surface area (Å²) in [5, 5.41) is 11.4. The number of carbonyl (C=O) groups excluding carboxylic acids is 1. The topological polar surface area (TPSA) is 78.9 Å². The first kappa shape index (κ1) is 11.2.